The normalized spacial score (nSPS) is 15.2. The lowest BCUT2D eigenvalue weighted by atomic mass is 9.88. The molecule has 0 saturated carbocycles. The van der Waals surface area contributed by atoms with Gasteiger partial charge in [0.15, 0.2) is 23.0 Å². The highest BCUT2D eigenvalue weighted by molar-refractivity contribution is 5.85. The van der Waals surface area contributed by atoms with Crippen LogP contribution in [0.15, 0.2) is 36.4 Å². The molecule has 1 N–H and O–H groups in total. The third-order valence-corrected chi connectivity index (χ3v) is 5.36. The molecule has 29 heavy (non-hydrogen) atoms. The fourth-order valence-corrected chi connectivity index (χ4v) is 3.75. The number of hydrogen-bond donors (Lipinski definition) is 1. The smallest absolute Gasteiger partial charge is 0.203 e. The van der Waals surface area contributed by atoms with Gasteiger partial charge in [0.1, 0.15) is 0 Å². The highest BCUT2D eigenvalue weighted by atomic mass is 16.5. The first-order chi connectivity index (χ1) is 14.0. The molecule has 1 aliphatic carbocycles. The predicted octanol–water partition coefficient (Wildman–Crippen LogP) is 5.25. The number of rotatable bonds is 6. The van der Waals surface area contributed by atoms with Crippen LogP contribution in [0.2, 0.25) is 0 Å². The summed E-state index contributed by atoms with van der Waals surface area (Å²) in [7, 11) is 6.36. The number of aromatic hydroxyl groups is 1. The quantitative estimate of drug-likeness (QED) is 0.723. The topological polar surface area (TPSA) is 57.2 Å². The van der Waals surface area contributed by atoms with Gasteiger partial charge in [-0.3, -0.25) is 0 Å². The lowest BCUT2D eigenvalue weighted by Gasteiger charge is -2.20. The number of methoxy groups -OCH3 is 4. The molecule has 154 valence electrons. The number of fused-ring (bicyclic) bond motifs is 1. The molecular formula is C24H28O5. The Balaban J connectivity index is 2.07. The van der Waals surface area contributed by atoms with Gasteiger partial charge in [-0.1, -0.05) is 18.7 Å². The third-order valence-electron chi connectivity index (χ3n) is 5.36. The molecule has 2 aromatic carbocycles. The van der Waals surface area contributed by atoms with Crippen molar-refractivity contribution in [3.8, 4) is 28.7 Å². The molecule has 0 radical (unpaired) electrons. The summed E-state index contributed by atoms with van der Waals surface area (Å²) in [6, 6.07) is 7.61. The first-order valence-electron chi connectivity index (χ1n) is 9.63. The van der Waals surface area contributed by atoms with Crippen LogP contribution in [0.1, 0.15) is 36.0 Å². The molecule has 0 saturated heterocycles. The Morgan fingerprint density at radius 1 is 0.862 bits per heavy atom. The Hall–Kier alpha value is -3.08. The Kier molecular flexibility index (Phi) is 6.37. The van der Waals surface area contributed by atoms with Crippen molar-refractivity contribution in [3.05, 3.63) is 53.1 Å². The molecule has 0 amide bonds. The van der Waals surface area contributed by atoms with Crippen molar-refractivity contribution in [2.24, 2.45) is 0 Å². The molecule has 2 aromatic rings. The highest BCUT2D eigenvalue weighted by Gasteiger charge is 2.19. The molecule has 0 bridgehead atoms. The van der Waals surface area contributed by atoms with E-state index in [1.54, 1.807) is 34.5 Å². The van der Waals surface area contributed by atoms with Gasteiger partial charge in [-0.15, -0.1) is 0 Å². The van der Waals surface area contributed by atoms with E-state index < -0.39 is 0 Å². The summed E-state index contributed by atoms with van der Waals surface area (Å²) in [5.41, 5.74) is 4.83. The monoisotopic (exact) mass is 396 g/mol. The molecule has 5 nitrogen and oxygen atoms in total. The Morgan fingerprint density at radius 3 is 2.07 bits per heavy atom. The van der Waals surface area contributed by atoms with Crippen molar-refractivity contribution in [2.75, 3.05) is 28.4 Å². The van der Waals surface area contributed by atoms with Crippen LogP contribution in [-0.2, 0) is 6.42 Å². The van der Waals surface area contributed by atoms with Crippen molar-refractivity contribution in [1.82, 2.24) is 0 Å². The lowest BCUT2D eigenvalue weighted by Crippen LogP contribution is -2.01. The van der Waals surface area contributed by atoms with Crippen molar-refractivity contribution in [1.29, 1.82) is 0 Å². The van der Waals surface area contributed by atoms with E-state index in [9.17, 15) is 5.11 Å². The summed E-state index contributed by atoms with van der Waals surface area (Å²) in [6.45, 7) is 4.35. The Bertz CT molecular complexity index is 918. The lowest BCUT2D eigenvalue weighted by molar-refractivity contribution is 0.324. The first kappa shape index (κ1) is 20.6. The van der Waals surface area contributed by atoms with E-state index in [0.717, 1.165) is 53.5 Å². The van der Waals surface area contributed by atoms with Crippen LogP contribution < -0.4 is 18.9 Å². The molecule has 0 aliphatic heterocycles. The van der Waals surface area contributed by atoms with Gasteiger partial charge >= 0.3 is 0 Å². The van der Waals surface area contributed by atoms with Crippen LogP contribution in [0.3, 0.4) is 0 Å². The van der Waals surface area contributed by atoms with E-state index in [1.807, 2.05) is 18.2 Å². The summed E-state index contributed by atoms with van der Waals surface area (Å²) in [5.74, 6) is 2.47. The van der Waals surface area contributed by atoms with E-state index in [-0.39, 0.29) is 5.75 Å². The number of ether oxygens (including phenoxy) is 4. The number of benzene rings is 2. The molecule has 1 aliphatic rings. The van der Waals surface area contributed by atoms with Crippen LogP contribution in [0.4, 0.5) is 0 Å². The zero-order valence-electron chi connectivity index (χ0n) is 17.5. The van der Waals surface area contributed by atoms with Gasteiger partial charge in [0, 0.05) is 5.56 Å². The van der Waals surface area contributed by atoms with Gasteiger partial charge in [-0.05, 0) is 66.2 Å². The number of hydrogen-bond acceptors (Lipinski definition) is 5. The summed E-state index contributed by atoms with van der Waals surface area (Å²) in [4.78, 5) is 0. The average molecular weight is 396 g/mol. The summed E-state index contributed by atoms with van der Waals surface area (Å²) in [6.07, 6.45) is 5.82. The van der Waals surface area contributed by atoms with E-state index in [4.69, 9.17) is 18.9 Å². The summed E-state index contributed by atoms with van der Waals surface area (Å²) in [5, 5.41) is 10.6. The van der Waals surface area contributed by atoms with Gasteiger partial charge in [0.2, 0.25) is 5.75 Å². The molecule has 0 unspecified atom stereocenters. The standard InChI is InChI=1S/C24H28O5/c1-15(18-13-21(27-3)24(29-5)22(14-18)28-4)16-8-6-7-9-19-17(12-16)10-11-20(26-2)23(19)25/h10-14,25H,1,6-9H2,2-5H3/b16-12+. The van der Waals surface area contributed by atoms with Crippen molar-refractivity contribution < 1.29 is 24.1 Å². The molecule has 3 rings (SSSR count). The van der Waals surface area contributed by atoms with Crippen molar-refractivity contribution >= 4 is 11.6 Å². The minimum atomic E-state index is 0.223. The fourth-order valence-electron chi connectivity index (χ4n) is 3.75. The molecule has 0 aromatic heterocycles. The Morgan fingerprint density at radius 2 is 1.48 bits per heavy atom. The molecular weight excluding hydrogens is 368 g/mol. The van der Waals surface area contributed by atoms with Crippen LogP contribution in [0, 0.1) is 0 Å². The first-order valence-corrected chi connectivity index (χ1v) is 9.63. The van der Waals surface area contributed by atoms with Gasteiger partial charge < -0.3 is 24.1 Å². The third kappa shape index (κ3) is 4.04. The largest absolute Gasteiger partial charge is 0.504 e. The minimum absolute atomic E-state index is 0.223. The SMILES string of the molecule is C=C(/C1=C/c2ccc(OC)c(O)c2CCCC1)c1cc(OC)c(OC)c(OC)c1. The molecule has 0 fully saturated rings. The van der Waals surface area contributed by atoms with Gasteiger partial charge in [-0.2, -0.15) is 0 Å². The summed E-state index contributed by atoms with van der Waals surface area (Å²) < 4.78 is 21.7. The average Bonchev–Trinajstić information content (AvgIpc) is 2.73. The minimum Gasteiger partial charge on any atom is -0.504 e. The van der Waals surface area contributed by atoms with E-state index in [2.05, 4.69) is 12.7 Å². The van der Waals surface area contributed by atoms with Crippen molar-refractivity contribution in [3.63, 3.8) is 0 Å². The van der Waals surface area contributed by atoms with E-state index in [0.29, 0.717) is 23.0 Å². The number of allylic oxidation sites excluding steroid dienone is 2. The maximum absolute atomic E-state index is 10.6. The molecule has 0 heterocycles. The molecule has 0 atom stereocenters. The van der Waals surface area contributed by atoms with Crippen LogP contribution in [0.5, 0.6) is 28.7 Å². The Labute approximate surface area is 172 Å². The van der Waals surface area contributed by atoms with Gasteiger partial charge in [0.05, 0.1) is 28.4 Å². The second-order valence-electron chi connectivity index (χ2n) is 6.95. The maximum Gasteiger partial charge on any atom is 0.203 e. The van der Waals surface area contributed by atoms with Gasteiger partial charge in [0.25, 0.3) is 0 Å². The second kappa shape index (κ2) is 8.95. The molecule has 5 heteroatoms. The zero-order chi connectivity index (χ0) is 21.0. The zero-order valence-corrected chi connectivity index (χ0v) is 17.5. The molecule has 0 spiro atoms. The van der Waals surface area contributed by atoms with Crippen molar-refractivity contribution in [2.45, 2.75) is 25.7 Å². The van der Waals surface area contributed by atoms with Gasteiger partial charge in [-0.25, -0.2) is 0 Å². The number of phenolic OH excluding ortho intramolecular Hbond substituents is 1. The van der Waals surface area contributed by atoms with E-state index >= 15 is 0 Å². The van der Waals surface area contributed by atoms with E-state index in [1.165, 1.54) is 0 Å². The van der Waals surface area contributed by atoms with Crippen LogP contribution in [0.25, 0.3) is 11.6 Å². The summed E-state index contributed by atoms with van der Waals surface area (Å²) >= 11 is 0. The fraction of sp³-hybridized carbons (Fsp3) is 0.333. The number of phenols is 1. The second-order valence-corrected chi connectivity index (χ2v) is 6.95. The van der Waals surface area contributed by atoms with Crippen LogP contribution in [-0.4, -0.2) is 33.5 Å². The predicted molar refractivity (Wildman–Crippen MR) is 115 cm³/mol. The van der Waals surface area contributed by atoms with Crippen LogP contribution >= 0.6 is 0 Å². The maximum atomic E-state index is 10.6. The highest BCUT2D eigenvalue weighted by Crippen LogP contribution is 2.42.